The summed E-state index contributed by atoms with van der Waals surface area (Å²) >= 11 is 0. The van der Waals surface area contributed by atoms with Crippen molar-refractivity contribution in [3.63, 3.8) is 0 Å². The number of anilines is 1. The van der Waals surface area contributed by atoms with E-state index in [4.69, 9.17) is 4.99 Å². The van der Waals surface area contributed by atoms with Gasteiger partial charge in [0, 0.05) is 51.3 Å². The van der Waals surface area contributed by atoms with E-state index >= 15 is 0 Å². The molecule has 3 rings (SSSR count). The van der Waals surface area contributed by atoms with Gasteiger partial charge in [-0.25, -0.2) is 4.99 Å². The zero-order valence-electron chi connectivity index (χ0n) is 18.7. The van der Waals surface area contributed by atoms with Crippen molar-refractivity contribution in [2.75, 3.05) is 38.0 Å². The van der Waals surface area contributed by atoms with Gasteiger partial charge in [-0.05, 0) is 37.5 Å². The maximum absolute atomic E-state index is 12.5. The van der Waals surface area contributed by atoms with Gasteiger partial charge < -0.3 is 20.4 Å². The maximum Gasteiger partial charge on any atom is 0.227 e. The number of piperazine rings is 1. The van der Waals surface area contributed by atoms with Gasteiger partial charge in [0.25, 0.3) is 0 Å². The second-order valence-electron chi connectivity index (χ2n) is 8.19. The van der Waals surface area contributed by atoms with Gasteiger partial charge in [-0.15, -0.1) is 24.0 Å². The molecule has 1 saturated carbocycles. The smallest absolute Gasteiger partial charge is 0.227 e. The standard InChI is InChI=1S/C23H35N5O2.HI/c1-3-24-23(28-14-12-27(13-15-28)18(2)29)25-17-19-8-7-11-21(16-19)26-22(30)20-9-5-4-6-10-20;/h7-8,11,16,20H,3-6,9-10,12-15,17H2,1-2H3,(H,24,25)(H,26,30);1H. The predicted molar refractivity (Wildman–Crippen MR) is 136 cm³/mol. The molecule has 1 heterocycles. The number of hydrogen-bond donors (Lipinski definition) is 2. The first-order chi connectivity index (χ1) is 14.6. The van der Waals surface area contributed by atoms with Crippen LogP contribution in [0.2, 0.25) is 0 Å². The van der Waals surface area contributed by atoms with E-state index in [-0.39, 0.29) is 41.7 Å². The summed E-state index contributed by atoms with van der Waals surface area (Å²) in [7, 11) is 0. The van der Waals surface area contributed by atoms with Gasteiger partial charge in [0.15, 0.2) is 5.96 Å². The highest BCUT2D eigenvalue weighted by Gasteiger charge is 2.22. The van der Waals surface area contributed by atoms with Gasteiger partial charge in [-0.3, -0.25) is 9.59 Å². The van der Waals surface area contributed by atoms with Crippen molar-refractivity contribution in [2.45, 2.75) is 52.5 Å². The van der Waals surface area contributed by atoms with E-state index < -0.39 is 0 Å². The SMILES string of the molecule is CCNC(=NCc1cccc(NC(=O)C2CCCCC2)c1)N1CCN(C(C)=O)CC1.I. The Morgan fingerprint density at radius 1 is 1.06 bits per heavy atom. The highest BCUT2D eigenvalue weighted by atomic mass is 127. The predicted octanol–water partition coefficient (Wildman–Crippen LogP) is 3.45. The number of carbonyl (C=O) groups excluding carboxylic acids is 2. The number of benzene rings is 1. The third-order valence-electron chi connectivity index (χ3n) is 5.94. The Morgan fingerprint density at radius 3 is 2.39 bits per heavy atom. The first-order valence-corrected chi connectivity index (χ1v) is 11.3. The van der Waals surface area contributed by atoms with Crippen LogP contribution in [0.3, 0.4) is 0 Å². The Balaban J connectivity index is 0.00000341. The van der Waals surface area contributed by atoms with Crippen molar-refractivity contribution in [1.29, 1.82) is 0 Å². The minimum atomic E-state index is 0. The third-order valence-corrected chi connectivity index (χ3v) is 5.94. The van der Waals surface area contributed by atoms with Crippen LogP contribution in [0, 0.1) is 5.92 Å². The molecule has 1 aliphatic heterocycles. The zero-order valence-corrected chi connectivity index (χ0v) is 21.1. The lowest BCUT2D eigenvalue weighted by molar-refractivity contribution is -0.130. The number of hydrogen-bond acceptors (Lipinski definition) is 3. The van der Waals surface area contributed by atoms with E-state index in [1.807, 2.05) is 29.2 Å². The number of guanidine groups is 1. The Morgan fingerprint density at radius 2 is 1.74 bits per heavy atom. The quantitative estimate of drug-likeness (QED) is 0.340. The van der Waals surface area contributed by atoms with E-state index in [0.29, 0.717) is 6.54 Å². The molecular weight excluding hydrogens is 505 g/mol. The van der Waals surface area contributed by atoms with Crippen LogP contribution in [0.15, 0.2) is 29.3 Å². The average molecular weight is 541 g/mol. The highest BCUT2D eigenvalue weighted by Crippen LogP contribution is 2.25. The second-order valence-corrected chi connectivity index (χ2v) is 8.19. The summed E-state index contributed by atoms with van der Waals surface area (Å²) < 4.78 is 0. The van der Waals surface area contributed by atoms with Crippen molar-refractivity contribution in [1.82, 2.24) is 15.1 Å². The number of carbonyl (C=O) groups is 2. The first kappa shape index (κ1) is 25.4. The summed E-state index contributed by atoms with van der Waals surface area (Å²) in [6.45, 7) is 8.03. The monoisotopic (exact) mass is 541 g/mol. The molecule has 0 spiro atoms. The maximum atomic E-state index is 12.5. The lowest BCUT2D eigenvalue weighted by atomic mass is 9.88. The van der Waals surface area contributed by atoms with Crippen LogP contribution in [0.5, 0.6) is 0 Å². The number of nitrogens with zero attached hydrogens (tertiary/aromatic N) is 3. The molecule has 172 valence electrons. The molecule has 0 atom stereocenters. The molecule has 7 nitrogen and oxygen atoms in total. The van der Waals surface area contributed by atoms with Crippen molar-refractivity contribution in [2.24, 2.45) is 10.9 Å². The van der Waals surface area contributed by atoms with Crippen molar-refractivity contribution in [3.8, 4) is 0 Å². The van der Waals surface area contributed by atoms with Gasteiger partial charge in [-0.2, -0.15) is 0 Å². The molecule has 2 amide bonds. The van der Waals surface area contributed by atoms with Gasteiger partial charge in [0.1, 0.15) is 0 Å². The largest absolute Gasteiger partial charge is 0.357 e. The third kappa shape index (κ3) is 7.66. The van der Waals surface area contributed by atoms with Crippen LogP contribution in [-0.2, 0) is 16.1 Å². The van der Waals surface area contributed by atoms with E-state index in [0.717, 1.165) is 75.6 Å². The van der Waals surface area contributed by atoms with Gasteiger partial charge in [0.2, 0.25) is 11.8 Å². The first-order valence-electron chi connectivity index (χ1n) is 11.3. The van der Waals surface area contributed by atoms with Crippen molar-refractivity contribution >= 4 is 47.4 Å². The molecule has 2 N–H and O–H groups in total. The summed E-state index contributed by atoms with van der Waals surface area (Å²) in [5.41, 5.74) is 1.91. The van der Waals surface area contributed by atoms with E-state index in [9.17, 15) is 9.59 Å². The van der Waals surface area contributed by atoms with Gasteiger partial charge in [-0.1, -0.05) is 31.4 Å². The van der Waals surface area contributed by atoms with Crippen LogP contribution in [0.25, 0.3) is 0 Å². The molecule has 2 aliphatic rings. The van der Waals surface area contributed by atoms with Crippen LogP contribution in [0.4, 0.5) is 5.69 Å². The molecule has 1 aliphatic carbocycles. The lowest BCUT2D eigenvalue weighted by Crippen LogP contribution is -2.53. The highest BCUT2D eigenvalue weighted by molar-refractivity contribution is 14.0. The zero-order chi connectivity index (χ0) is 21.3. The minimum Gasteiger partial charge on any atom is -0.357 e. The molecule has 0 unspecified atom stereocenters. The van der Waals surface area contributed by atoms with Crippen LogP contribution in [0.1, 0.15) is 51.5 Å². The summed E-state index contributed by atoms with van der Waals surface area (Å²) in [6, 6.07) is 7.97. The van der Waals surface area contributed by atoms with E-state index in [1.165, 1.54) is 6.42 Å². The number of rotatable bonds is 5. The topological polar surface area (TPSA) is 77.0 Å². The lowest BCUT2D eigenvalue weighted by Gasteiger charge is -2.36. The summed E-state index contributed by atoms with van der Waals surface area (Å²) in [4.78, 5) is 33.0. The Bertz CT molecular complexity index is 756. The fourth-order valence-electron chi connectivity index (χ4n) is 4.18. The summed E-state index contributed by atoms with van der Waals surface area (Å²) in [6.07, 6.45) is 5.55. The molecule has 0 bridgehead atoms. The van der Waals surface area contributed by atoms with Crippen molar-refractivity contribution in [3.05, 3.63) is 29.8 Å². The van der Waals surface area contributed by atoms with Gasteiger partial charge >= 0.3 is 0 Å². The number of amides is 2. The summed E-state index contributed by atoms with van der Waals surface area (Å²) in [5.74, 6) is 1.29. The molecule has 0 radical (unpaired) electrons. The number of nitrogens with one attached hydrogen (secondary N) is 2. The molecule has 2 fully saturated rings. The average Bonchev–Trinajstić information content (AvgIpc) is 2.77. The molecule has 0 aromatic heterocycles. The number of aliphatic imine (C=N–C) groups is 1. The fourth-order valence-corrected chi connectivity index (χ4v) is 4.18. The Kier molecular flexibility index (Phi) is 10.6. The van der Waals surface area contributed by atoms with Crippen LogP contribution >= 0.6 is 24.0 Å². The van der Waals surface area contributed by atoms with E-state index in [1.54, 1.807) is 6.92 Å². The molecule has 8 heteroatoms. The molecule has 31 heavy (non-hydrogen) atoms. The molecule has 1 aromatic carbocycles. The fraction of sp³-hybridized carbons (Fsp3) is 0.609. The van der Waals surface area contributed by atoms with Crippen LogP contribution < -0.4 is 10.6 Å². The number of halogens is 1. The van der Waals surface area contributed by atoms with Crippen molar-refractivity contribution < 1.29 is 9.59 Å². The molecule has 1 aromatic rings. The summed E-state index contributed by atoms with van der Waals surface area (Å²) in [5, 5.41) is 6.45. The van der Waals surface area contributed by atoms with Gasteiger partial charge in [0.05, 0.1) is 6.54 Å². The Labute approximate surface area is 203 Å². The van der Waals surface area contributed by atoms with E-state index in [2.05, 4.69) is 22.5 Å². The normalized spacial score (nSPS) is 17.7. The van der Waals surface area contributed by atoms with Crippen LogP contribution in [-0.4, -0.2) is 60.3 Å². The molecular formula is C23H36IN5O2. The molecule has 1 saturated heterocycles. The minimum absolute atomic E-state index is 0. The Hall–Kier alpha value is -1.84. The second kappa shape index (κ2) is 12.9.